The third kappa shape index (κ3) is 4.06. The molecular weight excluding hydrogens is 385 g/mol. The van der Waals surface area contributed by atoms with Crippen LogP contribution in [-0.2, 0) is 13.2 Å². The predicted octanol–water partition coefficient (Wildman–Crippen LogP) is 3.24. The first-order valence-electron chi connectivity index (χ1n) is 9.40. The molecule has 1 aliphatic carbocycles. The third-order valence-corrected chi connectivity index (χ3v) is 5.25. The molecule has 3 heterocycles. The van der Waals surface area contributed by atoms with Crippen molar-refractivity contribution in [3.63, 3.8) is 0 Å². The van der Waals surface area contributed by atoms with E-state index in [1.807, 2.05) is 0 Å². The molecule has 4 rings (SSSR count). The minimum absolute atomic E-state index is 0.0660. The van der Waals surface area contributed by atoms with E-state index in [0.717, 1.165) is 31.9 Å². The van der Waals surface area contributed by atoms with E-state index >= 15 is 0 Å². The van der Waals surface area contributed by atoms with Crippen LogP contribution in [-0.4, -0.2) is 36.9 Å². The van der Waals surface area contributed by atoms with E-state index < -0.39 is 11.9 Å². The second kappa shape index (κ2) is 7.41. The van der Waals surface area contributed by atoms with E-state index in [9.17, 15) is 18.0 Å². The van der Waals surface area contributed by atoms with Gasteiger partial charge in [0.2, 0.25) is 0 Å². The van der Waals surface area contributed by atoms with E-state index in [4.69, 9.17) is 0 Å². The molecule has 3 aromatic rings. The van der Waals surface area contributed by atoms with Gasteiger partial charge in [0.05, 0.1) is 12.5 Å². The van der Waals surface area contributed by atoms with E-state index in [2.05, 4.69) is 20.6 Å². The zero-order valence-corrected chi connectivity index (χ0v) is 15.8. The van der Waals surface area contributed by atoms with Gasteiger partial charge in [-0.3, -0.25) is 9.20 Å². The monoisotopic (exact) mass is 406 g/mol. The van der Waals surface area contributed by atoms with Crippen molar-refractivity contribution in [2.75, 3.05) is 5.32 Å². The average molecular weight is 406 g/mol. The zero-order valence-electron chi connectivity index (χ0n) is 15.8. The minimum Gasteiger partial charge on any atom is -0.368 e. The summed E-state index contributed by atoms with van der Waals surface area (Å²) in [6, 6.07) is 5.15. The molecule has 0 bridgehead atoms. The summed E-state index contributed by atoms with van der Waals surface area (Å²) in [5.74, 6) is 0.428. The number of imidazole rings is 2. The van der Waals surface area contributed by atoms with Gasteiger partial charge in [0.15, 0.2) is 5.69 Å². The number of anilines is 1. The third-order valence-electron chi connectivity index (χ3n) is 5.25. The highest BCUT2D eigenvalue weighted by Gasteiger charge is 2.34. The number of hydrogen-bond acceptors (Lipinski definition) is 4. The summed E-state index contributed by atoms with van der Waals surface area (Å²) in [7, 11) is 1.77. The number of nitrogens with zero attached hydrogens (tertiary/aromatic N) is 4. The van der Waals surface area contributed by atoms with Crippen molar-refractivity contribution in [2.45, 2.75) is 43.9 Å². The molecule has 0 spiro atoms. The first-order valence-corrected chi connectivity index (χ1v) is 9.40. The number of alkyl halides is 3. The summed E-state index contributed by atoms with van der Waals surface area (Å²) >= 11 is 0. The normalized spacial score (nSPS) is 20.0. The van der Waals surface area contributed by atoms with Crippen LogP contribution in [0.2, 0.25) is 0 Å². The summed E-state index contributed by atoms with van der Waals surface area (Å²) in [4.78, 5) is 19.9. The molecule has 0 aliphatic heterocycles. The fourth-order valence-corrected chi connectivity index (χ4v) is 3.69. The Morgan fingerprint density at radius 2 is 1.90 bits per heavy atom. The van der Waals surface area contributed by atoms with Crippen LogP contribution in [0.3, 0.4) is 0 Å². The molecule has 1 aliphatic rings. The van der Waals surface area contributed by atoms with Crippen molar-refractivity contribution >= 4 is 17.4 Å². The fourth-order valence-electron chi connectivity index (χ4n) is 3.69. The van der Waals surface area contributed by atoms with Crippen molar-refractivity contribution in [2.24, 2.45) is 7.05 Å². The lowest BCUT2D eigenvalue weighted by molar-refractivity contribution is -0.140. The lowest BCUT2D eigenvalue weighted by Crippen LogP contribution is -2.40. The minimum atomic E-state index is -4.48. The first-order chi connectivity index (χ1) is 13.8. The van der Waals surface area contributed by atoms with Gasteiger partial charge >= 0.3 is 6.18 Å². The average Bonchev–Trinajstić information content (AvgIpc) is 3.30. The highest BCUT2D eigenvalue weighted by molar-refractivity contribution is 5.92. The molecule has 1 fully saturated rings. The van der Waals surface area contributed by atoms with Gasteiger partial charge in [0.1, 0.15) is 17.2 Å². The van der Waals surface area contributed by atoms with Crippen LogP contribution in [0.4, 0.5) is 19.0 Å². The van der Waals surface area contributed by atoms with Crippen LogP contribution in [0.15, 0.2) is 36.9 Å². The van der Waals surface area contributed by atoms with Crippen LogP contribution in [0.1, 0.15) is 41.9 Å². The maximum absolute atomic E-state index is 13.0. The standard InChI is InChI=1S/C19H21F3N6O/c1-27-11-23-9-14(27)18(29)25-13-7-5-12(6-8-13)24-16-3-2-4-17-26-15(10-28(16)17)19(20,21)22/h2-4,9-13,24H,5-8H2,1H3,(H,25,29)/t12-,13+. The highest BCUT2D eigenvalue weighted by Crippen LogP contribution is 2.30. The van der Waals surface area contributed by atoms with Crippen LogP contribution in [0, 0.1) is 0 Å². The van der Waals surface area contributed by atoms with Gasteiger partial charge in [-0.25, -0.2) is 9.97 Å². The molecule has 0 aromatic carbocycles. The summed E-state index contributed by atoms with van der Waals surface area (Å²) in [5.41, 5.74) is -0.148. The number of fused-ring (bicyclic) bond motifs is 1. The largest absolute Gasteiger partial charge is 0.434 e. The number of pyridine rings is 1. The molecule has 0 unspecified atom stereocenters. The van der Waals surface area contributed by atoms with Gasteiger partial charge in [-0.05, 0) is 37.8 Å². The SMILES string of the molecule is Cn1cncc1C(=O)N[C@H]1CC[C@@H](Nc2cccc3nc(C(F)(F)F)cn23)CC1. The number of aryl methyl sites for hydroxylation is 1. The number of halogens is 3. The summed E-state index contributed by atoms with van der Waals surface area (Å²) in [5, 5.41) is 6.36. The maximum Gasteiger partial charge on any atom is 0.434 e. The Morgan fingerprint density at radius 3 is 2.55 bits per heavy atom. The van der Waals surface area contributed by atoms with Gasteiger partial charge in [0.25, 0.3) is 5.91 Å². The number of rotatable bonds is 4. The molecule has 1 saturated carbocycles. The van der Waals surface area contributed by atoms with Crippen LogP contribution >= 0.6 is 0 Å². The molecule has 1 amide bonds. The molecule has 2 N–H and O–H groups in total. The van der Waals surface area contributed by atoms with Crippen molar-refractivity contribution in [1.82, 2.24) is 24.3 Å². The molecule has 7 nitrogen and oxygen atoms in total. The maximum atomic E-state index is 13.0. The summed E-state index contributed by atoms with van der Waals surface area (Å²) in [6.07, 6.45) is 2.82. The van der Waals surface area contributed by atoms with E-state index in [0.29, 0.717) is 11.5 Å². The Balaban J connectivity index is 1.38. The predicted molar refractivity (Wildman–Crippen MR) is 101 cm³/mol. The number of carbonyl (C=O) groups excluding carboxylic acids is 1. The van der Waals surface area contributed by atoms with Gasteiger partial charge in [-0.1, -0.05) is 6.07 Å². The Bertz CT molecular complexity index is 1020. The van der Waals surface area contributed by atoms with E-state index in [1.54, 1.807) is 36.1 Å². The van der Waals surface area contributed by atoms with Crippen molar-refractivity contribution < 1.29 is 18.0 Å². The molecule has 0 saturated heterocycles. The van der Waals surface area contributed by atoms with Crippen molar-refractivity contribution in [3.8, 4) is 0 Å². The first kappa shape index (κ1) is 19.3. The Labute approximate surface area is 165 Å². The number of aromatic nitrogens is 4. The fraction of sp³-hybridized carbons (Fsp3) is 0.421. The Morgan fingerprint density at radius 1 is 1.17 bits per heavy atom. The van der Waals surface area contributed by atoms with Crippen LogP contribution in [0.25, 0.3) is 5.65 Å². The summed E-state index contributed by atoms with van der Waals surface area (Å²) in [6.45, 7) is 0. The molecule has 0 atom stereocenters. The van der Waals surface area contributed by atoms with Crippen LogP contribution < -0.4 is 10.6 Å². The molecular formula is C19H21F3N6O. The van der Waals surface area contributed by atoms with Gasteiger partial charge < -0.3 is 15.2 Å². The second-order valence-electron chi connectivity index (χ2n) is 7.32. The molecule has 3 aromatic heterocycles. The lowest BCUT2D eigenvalue weighted by Gasteiger charge is -2.30. The van der Waals surface area contributed by atoms with Gasteiger partial charge in [-0.15, -0.1) is 0 Å². The molecule has 0 radical (unpaired) electrons. The smallest absolute Gasteiger partial charge is 0.368 e. The number of carbonyl (C=O) groups is 1. The van der Waals surface area contributed by atoms with Crippen molar-refractivity contribution in [1.29, 1.82) is 0 Å². The number of amides is 1. The number of hydrogen-bond donors (Lipinski definition) is 2. The zero-order chi connectivity index (χ0) is 20.6. The Kier molecular flexibility index (Phi) is 4.93. The topological polar surface area (TPSA) is 76.2 Å². The highest BCUT2D eigenvalue weighted by atomic mass is 19.4. The van der Waals surface area contributed by atoms with E-state index in [-0.39, 0.29) is 23.6 Å². The number of nitrogens with one attached hydrogen (secondary N) is 2. The van der Waals surface area contributed by atoms with E-state index in [1.165, 1.54) is 10.6 Å². The Hall–Kier alpha value is -3.04. The second-order valence-corrected chi connectivity index (χ2v) is 7.32. The van der Waals surface area contributed by atoms with Crippen molar-refractivity contribution in [3.05, 3.63) is 48.3 Å². The van der Waals surface area contributed by atoms with Crippen LogP contribution in [0.5, 0.6) is 0 Å². The lowest BCUT2D eigenvalue weighted by atomic mass is 9.91. The summed E-state index contributed by atoms with van der Waals surface area (Å²) < 4.78 is 42.0. The van der Waals surface area contributed by atoms with Gasteiger partial charge in [0, 0.05) is 25.3 Å². The molecule has 10 heteroatoms. The quantitative estimate of drug-likeness (QED) is 0.698. The molecule has 154 valence electrons. The van der Waals surface area contributed by atoms with Gasteiger partial charge in [-0.2, -0.15) is 13.2 Å². The molecule has 29 heavy (non-hydrogen) atoms.